The zero-order valence-corrected chi connectivity index (χ0v) is 13.3. The Labute approximate surface area is 126 Å². The van der Waals surface area contributed by atoms with Gasteiger partial charge in [0, 0.05) is 6.54 Å². The Kier molecular flexibility index (Phi) is 6.55. The second-order valence-corrected chi connectivity index (χ2v) is 6.43. The van der Waals surface area contributed by atoms with Crippen molar-refractivity contribution in [1.82, 2.24) is 4.90 Å². The van der Waals surface area contributed by atoms with Crippen LogP contribution in [0.1, 0.15) is 11.1 Å². The van der Waals surface area contributed by atoms with E-state index in [-0.39, 0.29) is 4.90 Å². The fourth-order valence-electron chi connectivity index (χ4n) is 1.66. The molecule has 0 saturated heterocycles. The molecule has 0 atom stereocenters. The van der Waals surface area contributed by atoms with Crippen LogP contribution in [0.15, 0.2) is 59.5 Å². The van der Waals surface area contributed by atoms with E-state index in [9.17, 15) is 8.42 Å². The van der Waals surface area contributed by atoms with Crippen LogP contribution in [0.25, 0.3) is 0 Å². The molecule has 0 aliphatic heterocycles. The first-order valence-electron chi connectivity index (χ1n) is 6.52. The van der Waals surface area contributed by atoms with Crippen LogP contribution < -0.4 is 0 Å². The van der Waals surface area contributed by atoms with E-state index >= 15 is 0 Å². The Morgan fingerprint density at radius 2 is 1.48 bits per heavy atom. The summed E-state index contributed by atoms with van der Waals surface area (Å²) in [6.45, 7) is 2.87. The summed E-state index contributed by atoms with van der Waals surface area (Å²) >= 11 is 0. The van der Waals surface area contributed by atoms with Crippen LogP contribution in [0.2, 0.25) is 0 Å². The van der Waals surface area contributed by atoms with Gasteiger partial charge in [0.2, 0.25) is 0 Å². The maximum atomic E-state index is 10.5. The molecule has 21 heavy (non-hydrogen) atoms. The van der Waals surface area contributed by atoms with E-state index in [4.69, 9.17) is 4.55 Å². The number of aryl methyl sites for hydroxylation is 1. The molecule has 0 amide bonds. The summed E-state index contributed by atoms with van der Waals surface area (Å²) in [5.74, 6) is 0. The third-order valence-corrected chi connectivity index (χ3v) is 3.53. The van der Waals surface area contributed by atoms with Crippen LogP contribution >= 0.6 is 0 Å². The van der Waals surface area contributed by atoms with E-state index in [1.54, 1.807) is 12.1 Å². The Hall–Kier alpha value is -1.69. The van der Waals surface area contributed by atoms with Gasteiger partial charge in [-0.2, -0.15) is 8.42 Å². The lowest BCUT2D eigenvalue weighted by Gasteiger charge is -2.08. The topological polar surface area (TPSA) is 57.6 Å². The summed E-state index contributed by atoms with van der Waals surface area (Å²) in [7, 11) is 0.133. The van der Waals surface area contributed by atoms with Crippen molar-refractivity contribution in [2.24, 2.45) is 0 Å². The Morgan fingerprint density at radius 1 is 0.952 bits per heavy atom. The highest BCUT2D eigenvalue weighted by Crippen LogP contribution is 2.08. The molecule has 0 bridgehead atoms. The summed E-state index contributed by atoms with van der Waals surface area (Å²) in [6.07, 6.45) is 0. The highest BCUT2D eigenvalue weighted by Gasteiger charge is 2.06. The standard InChI is InChI=1S/C9H13N.C7H8O3S/c1-10(2)8-9-6-4-3-5-7-9;1-6-2-4-7(5-3-6)11(8,9)10/h3-7H,8H2,1-2H3;2-5H,1H3,(H,8,9,10). The molecule has 1 N–H and O–H groups in total. The molecule has 0 radical (unpaired) electrons. The first-order valence-corrected chi connectivity index (χ1v) is 7.96. The highest BCUT2D eigenvalue weighted by molar-refractivity contribution is 7.85. The van der Waals surface area contributed by atoms with Gasteiger partial charge in [-0.15, -0.1) is 0 Å². The number of rotatable bonds is 3. The number of hydrogen-bond acceptors (Lipinski definition) is 3. The van der Waals surface area contributed by atoms with Crippen molar-refractivity contribution in [2.45, 2.75) is 18.4 Å². The van der Waals surface area contributed by atoms with Crippen molar-refractivity contribution < 1.29 is 13.0 Å². The average molecular weight is 307 g/mol. The normalized spacial score (nSPS) is 10.9. The zero-order chi connectivity index (χ0) is 15.9. The summed E-state index contributed by atoms with van der Waals surface area (Å²) in [6, 6.07) is 16.4. The van der Waals surface area contributed by atoms with Crippen LogP contribution in [0.5, 0.6) is 0 Å². The fraction of sp³-hybridized carbons (Fsp3) is 0.250. The van der Waals surface area contributed by atoms with Crippen molar-refractivity contribution in [3.05, 3.63) is 65.7 Å². The predicted octanol–water partition coefficient (Wildman–Crippen LogP) is 2.99. The monoisotopic (exact) mass is 307 g/mol. The lowest BCUT2D eigenvalue weighted by atomic mass is 10.2. The van der Waals surface area contributed by atoms with Gasteiger partial charge < -0.3 is 4.90 Å². The summed E-state index contributed by atoms with van der Waals surface area (Å²) in [4.78, 5) is 2.10. The van der Waals surface area contributed by atoms with Crippen molar-refractivity contribution in [3.8, 4) is 0 Å². The Morgan fingerprint density at radius 3 is 1.90 bits per heavy atom. The summed E-state index contributed by atoms with van der Waals surface area (Å²) < 4.78 is 29.6. The van der Waals surface area contributed by atoms with Gasteiger partial charge >= 0.3 is 0 Å². The first kappa shape index (κ1) is 17.4. The third-order valence-electron chi connectivity index (χ3n) is 2.66. The average Bonchev–Trinajstić information content (AvgIpc) is 2.39. The molecular weight excluding hydrogens is 286 g/mol. The van der Waals surface area contributed by atoms with Crippen LogP contribution in [-0.2, 0) is 16.7 Å². The van der Waals surface area contributed by atoms with Gasteiger partial charge in [-0.25, -0.2) is 0 Å². The van der Waals surface area contributed by atoms with Crippen molar-refractivity contribution >= 4 is 10.1 Å². The number of hydrogen-bond donors (Lipinski definition) is 1. The van der Waals surface area contributed by atoms with Gasteiger partial charge in [0.1, 0.15) is 0 Å². The van der Waals surface area contributed by atoms with E-state index in [0.29, 0.717) is 0 Å². The summed E-state index contributed by atoms with van der Waals surface area (Å²) in [5.41, 5.74) is 2.32. The maximum absolute atomic E-state index is 10.5. The lowest BCUT2D eigenvalue weighted by molar-refractivity contribution is 0.402. The molecule has 0 aromatic heterocycles. The smallest absolute Gasteiger partial charge is 0.294 e. The molecule has 0 fully saturated rings. The third kappa shape index (κ3) is 7.04. The quantitative estimate of drug-likeness (QED) is 0.886. The van der Waals surface area contributed by atoms with Gasteiger partial charge in [-0.3, -0.25) is 4.55 Å². The van der Waals surface area contributed by atoms with Crippen LogP contribution in [-0.4, -0.2) is 32.0 Å². The lowest BCUT2D eigenvalue weighted by Crippen LogP contribution is -2.10. The van der Waals surface area contributed by atoms with E-state index < -0.39 is 10.1 Å². The van der Waals surface area contributed by atoms with E-state index in [2.05, 4.69) is 43.3 Å². The molecule has 2 aromatic carbocycles. The minimum atomic E-state index is -4.02. The maximum Gasteiger partial charge on any atom is 0.294 e. The molecule has 2 rings (SSSR count). The van der Waals surface area contributed by atoms with Crippen LogP contribution in [0, 0.1) is 6.92 Å². The zero-order valence-electron chi connectivity index (χ0n) is 12.5. The molecule has 0 aliphatic rings. The Balaban J connectivity index is 0.000000211. The molecule has 0 unspecified atom stereocenters. The second kappa shape index (κ2) is 7.93. The molecule has 0 heterocycles. The highest BCUT2D eigenvalue weighted by atomic mass is 32.2. The van der Waals surface area contributed by atoms with Gasteiger partial charge in [0.25, 0.3) is 10.1 Å². The second-order valence-electron chi connectivity index (χ2n) is 5.01. The summed E-state index contributed by atoms with van der Waals surface area (Å²) in [5, 5.41) is 0. The molecule has 0 spiro atoms. The number of nitrogens with zero attached hydrogens (tertiary/aromatic N) is 1. The minimum absolute atomic E-state index is 0.0666. The van der Waals surface area contributed by atoms with E-state index in [0.717, 1.165) is 12.1 Å². The first-order chi connectivity index (χ1) is 9.79. The SMILES string of the molecule is CN(C)Cc1ccccc1.Cc1ccc(S(=O)(=O)O)cc1. The Bertz CT molecular complexity index is 635. The van der Waals surface area contributed by atoms with Gasteiger partial charge in [-0.1, -0.05) is 48.0 Å². The van der Waals surface area contributed by atoms with Crippen molar-refractivity contribution in [2.75, 3.05) is 14.1 Å². The van der Waals surface area contributed by atoms with Gasteiger partial charge in [-0.05, 0) is 38.7 Å². The van der Waals surface area contributed by atoms with Crippen LogP contribution in [0.3, 0.4) is 0 Å². The molecule has 4 nitrogen and oxygen atoms in total. The molecule has 2 aromatic rings. The van der Waals surface area contributed by atoms with E-state index in [1.165, 1.54) is 17.7 Å². The van der Waals surface area contributed by atoms with Crippen molar-refractivity contribution in [1.29, 1.82) is 0 Å². The molecule has 0 saturated carbocycles. The molecule has 5 heteroatoms. The van der Waals surface area contributed by atoms with E-state index in [1.807, 2.05) is 13.0 Å². The fourth-order valence-corrected chi connectivity index (χ4v) is 2.14. The van der Waals surface area contributed by atoms with Crippen LogP contribution in [0.4, 0.5) is 0 Å². The largest absolute Gasteiger partial charge is 0.305 e. The molecule has 114 valence electrons. The van der Waals surface area contributed by atoms with Gasteiger partial charge in [0.05, 0.1) is 4.90 Å². The van der Waals surface area contributed by atoms with Gasteiger partial charge in [0.15, 0.2) is 0 Å². The molecular formula is C16H21NO3S. The number of benzene rings is 2. The minimum Gasteiger partial charge on any atom is -0.305 e. The predicted molar refractivity (Wildman–Crippen MR) is 84.8 cm³/mol. The van der Waals surface area contributed by atoms with Crippen molar-refractivity contribution in [3.63, 3.8) is 0 Å². The molecule has 0 aliphatic carbocycles.